The maximum absolute atomic E-state index is 11.7. The second kappa shape index (κ2) is 4.89. The van der Waals surface area contributed by atoms with Crippen LogP contribution in [0.5, 0.6) is 5.75 Å². The Bertz CT molecular complexity index is 668. The fourth-order valence-electron chi connectivity index (χ4n) is 1.61. The molecule has 0 fully saturated rings. The molecule has 7 heteroatoms. The van der Waals surface area contributed by atoms with Crippen LogP contribution in [0.15, 0.2) is 18.3 Å². The van der Waals surface area contributed by atoms with Crippen LogP contribution in [0.1, 0.15) is 21.0 Å². The van der Waals surface area contributed by atoms with Gasteiger partial charge in [0.05, 0.1) is 14.2 Å². The molecule has 0 aliphatic rings. The molecule has 1 N–H and O–H groups in total. The fraction of sp³-hybridized carbons (Fsp3) is 0.167. The molecule has 98 valence electrons. The Morgan fingerprint density at radius 1 is 1.16 bits per heavy atom. The lowest BCUT2D eigenvalue weighted by molar-refractivity contribution is 0.0585. The van der Waals surface area contributed by atoms with E-state index in [-0.39, 0.29) is 16.9 Å². The number of rotatable bonds is 2. The number of esters is 2. The molecular formula is C12H10N2O5. The molecule has 0 atom stereocenters. The molecule has 7 nitrogen and oxygen atoms in total. The number of fused-ring (bicyclic) bond motifs is 1. The van der Waals surface area contributed by atoms with E-state index in [0.29, 0.717) is 5.39 Å². The molecule has 2 heterocycles. The van der Waals surface area contributed by atoms with Crippen LogP contribution in [0.3, 0.4) is 0 Å². The molecule has 0 amide bonds. The van der Waals surface area contributed by atoms with Gasteiger partial charge in [-0.25, -0.2) is 14.6 Å². The zero-order chi connectivity index (χ0) is 14.0. The Labute approximate surface area is 107 Å². The average molecular weight is 262 g/mol. The smallest absolute Gasteiger partial charge is 0.360 e. The maximum atomic E-state index is 11.7. The lowest BCUT2D eigenvalue weighted by Crippen LogP contribution is -2.12. The van der Waals surface area contributed by atoms with Gasteiger partial charge in [0.15, 0.2) is 17.1 Å². The fourth-order valence-corrected chi connectivity index (χ4v) is 1.61. The summed E-state index contributed by atoms with van der Waals surface area (Å²) in [5.41, 5.74) is -0.406. The Morgan fingerprint density at radius 2 is 1.79 bits per heavy atom. The standard InChI is InChI=1S/C12H10N2O5/c1-18-11(16)8-6-4-3-5-13-7(6)10(15)9(14-8)12(17)19-2/h3-5,15H,1-2H3. The summed E-state index contributed by atoms with van der Waals surface area (Å²) >= 11 is 0. The van der Waals surface area contributed by atoms with Crippen LogP contribution in [-0.2, 0) is 9.47 Å². The quantitative estimate of drug-likeness (QED) is 0.803. The number of aromatic nitrogens is 2. The van der Waals surface area contributed by atoms with E-state index in [0.717, 1.165) is 7.11 Å². The second-order valence-electron chi connectivity index (χ2n) is 3.54. The van der Waals surface area contributed by atoms with Crippen molar-refractivity contribution in [2.24, 2.45) is 0 Å². The normalized spacial score (nSPS) is 10.2. The summed E-state index contributed by atoms with van der Waals surface area (Å²) in [5.74, 6) is -2.03. The van der Waals surface area contributed by atoms with Gasteiger partial charge in [0.25, 0.3) is 0 Å². The lowest BCUT2D eigenvalue weighted by Gasteiger charge is -2.08. The van der Waals surface area contributed by atoms with E-state index in [1.54, 1.807) is 12.1 Å². The Morgan fingerprint density at radius 3 is 2.42 bits per heavy atom. The summed E-state index contributed by atoms with van der Waals surface area (Å²) in [6.07, 6.45) is 1.42. The zero-order valence-electron chi connectivity index (χ0n) is 10.2. The highest BCUT2D eigenvalue weighted by molar-refractivity contribution is 6.06. The number of carbonyl (C=O) groups is 2. The van der Waals surface area contributed by atoms with Crippen molar-refractivity contribution in [1.82, 2.24) is 9.97 Å². The van der Waals surface area contributed by atoms with Crippen molar-refractivity contribution < 1.29 is 24.2 Å². The Kier molecular flexibility index (Phi) is 3.28. The van der Waals surface area contributed by atoms with Crippen LogP contribution < -0.4 is 0 Å². The van der Waals surface area contributed by atoms with Crippen LogP contribution >= 0.6 is 0 Å². The van der Waals surface area contributed by atoms with Crippen molar-refractivity contribution in [3.8, 4) is 5.75 Å². The lowest BCUT2D eigenvalue weighted by atomic mass is 10.1. The molecule has 0 aliphatic carbocycles. The molecule has 0 saturated carbocycles. The molecule has 0 radical (unpaired) electrons. The number of hydrogen-bond acceptors (Lipinski definition) is 7. The van der Waals surface area contributed by atoms with Crippen LogP contribution in [0, 0.1) is 0 Å². The summed E-state index contributed by atoms with van der Waals surface area (Å²) in [7, 11) is 2.33. The molecule has 19 heavy (non-hydrogen) atoms. The highest BCUT2D eigenvalue weighted by Gasteiger charge is 2.23. The number of pyridine rings is 2. The third-order valence-corrected chi connectivity index (χ3v) is 2.49. The van der Waals surface area contributed by atoms with Gasteiger partial charge in [0.1, 0.15) is 5.52 Å². The molecule has 0 spiro atoms. The number of carbonyl (C=O) groups excluding carboxylic acids is 2. The third-order valence-electron chi connectivity index (χ3n) is 2.49. The number of ether oxygens (including phenoxy) is 2. The van der Waals surface area contributed by atoms with Crippen molar-refractivity contribution in [1.29, 1.82) is 0 Å². The van der Waals surface area contributed by atoms with E-state index < -0.39 is 17.7 Å². The molecule has 0 aliphatic heterocycles. The van der Waals surface area contributed by atoms with Crippen LogP contribution in [-0.4, -0.2) is 41.2 Å². The number of methoxy groups -OCH3 is 2. The minimum absolute atomic E-state index is 0.0818. The van der Waals surface area contributed by atoms with Crippen molar-refractivity contribution >= 4 is 22.8 Å². The van der Waals surface area contributed by atoms with Gasteiger partial charge < -0.3 is 14.6 Å². The summed E-state index contributed by atoms with van der Waals surface area (Å²) < 4.78 is 9.08. The van der Waals surface area contributed by atoms with Gasteiger partial charge in [-0.2, -0.15) is 0 Å². The first kappa shape index (κ1) is 12.7. The van der Waals surface area contributed by atoms with Crippen molar-refractivity contribution in [2.45, 2.75) is 0 Å². The predicted molar refractivity (Wildman–Crippen MR) is 63.9 cm³/mol. The van der Waals surface area contributed by atoms with Gasteiger partial charge in [-0.15, -0.1) is 0 Å². The van der Waals surface area contributed by atoms with Crippen LogP contribution in [0.2, 0.25) is 0 Å². The Hall–Kier alpha value is -2.70. The first-order chi connectivity index (χ1) is 9.10. The summed E-state index contributed by atoms with van der Waals surface area (Å²) in [4.78, 5) is 30.9. The molecule has 2 aromatic rings. The average Bonchev–Trinajstić information content (AvgIpc) is 2.46. The zero-order valence-corrected chi connectivity index (χ0v) is 10.2. The van der Waals surface area contributed by atoms with Gasteiger partial charge in [-0.3, -0.25) is 4.98 Å². The van der Waals surface area contributed by atoms with Crippen LogP contribution in [0.25, 0.3) is 10.9 Å². The Balaban J connectivity index is 2.83. The highest BCUT2D eigenvalue weighted by Crippen LogP contribution is 2.28. The summed E-state index contributed by atoms with van der Waals surface area (Å²) in [5, 5.41) is 10.2. The molecule has 0 bridgehead atoms. The maximum Gasteiger partial charge on any atom is 0.360 e. The molecular weight excluding hydrogens is 252 g/mol. The number of nitrogens with zero attached hydrogens (tertiary/aromatic N) is 2. The molecule has 2 rings (SSSR count). The number of hydrogen-bond donors (Lipinski definition) is 1. The molecule has 0 saturated heterocycles. The van der Waals surface area contributed by atoms with Gasteiger partial charge in [0, 0.05) is 11.6 Å². The van der Waals surface area contributed by atoms with E-state index in [9.17, 15) is 14.7 Å². The van der Waals surface area contributed by atoms with E-state index in [1.165, 1.54) is 13.3 Å². The van der Waals surface area contributed by atoms with Crippen molar-refractivity contribution in [3.63, 3.8) is 0 Å². The molecule has 2 aromatic heterocycles. The van der Waals surface area contributed by atoms with E-state index in [1.807, 2.05) is 0 Å². The highest BCUT2D eigenvalue weighted by atomic mass is 16.5. The molecule has 0 aromatic carbocycles. The van der Waals surface area contributed by atoms with E-state index >= 15 is 0 Å². The summed E-state index contributed by atoms with van der Waals surface area (Å²) in [6, 6.07) is 3.12. The predicted octanol–water partition coefficient (Wildman–Crippen LogP) is 0.909. The second-order valence-corrected chi connectivity index (χ2v) is 3.54. The van der Waals surface area contributed by atoms with Gasteiger partial charge >= 0.3 is 11.9 Å². The van der Waals surface area contributed by atoms with Crippen molar-refractivity contribution in [3.05, 3.63) is 29.7 Å². The third kappa shape index (κ3) is 2.05. The minimum atomic E-state index is -0.866. The van der Waals surface area contributed by atoms with E-state index in [4.69, 9.17) is 0 Å². The van der Waals surface area contributed by atoms with Crippen LogP contribution in [0.4, 0.5) is 0 Å². The number of aromatic hydroxyl groups is 1. The largest absolute Gasteiger partial charge is 0.504 e. The molecule has 0 unspecified atom stereocenters. The van der Waals surface area contributed by atoms with Gasteiger partial charge in [-0.1, -0.05) is 0 Å². The minimum Gasteiger partial charge on any atom is -0.504 e. The van der Waals surface area contributed by atoms with Gasteiger partial charge in [0.2, 0.25) is 0 Å². The topological polar surface area (TPSA) is 98.6 Å². The summed E-state index contributed by atoms with van der Waals surface area (Å²) in [6.45, 7) is 0. The van der Waals surface area contributed by atoms with Gasteiger partial charge in [-0.05, 0) is 12.1 Å². The first-order valence-corrected chi connectivity index (χ1v) is 5.24. The first-order valence-electron chi connectivity index (χ1n) is 5.24. The van der Waals surface area contributed by atoms with E-state index in [2.05, 4.69) is 19.4 Å². The monoisotopic (exact) mass is 262 g/mol. The van der Waals surface area contributed by atoms with Crippen molar-refractivity contribution in [2.75, 3.05) is 14.2 Å². The SMILES string of the molecule is COC(=O)c1nc(C(=O)OC)c2cccnc2c1O.